The molecule has 20 heavy (non-hydrogen) atoms. The quantitative estimate of drug-likeness (QED) is 0.920. The van der Waals surface area contributed by atoms with E-state index < -0.39 is 0 Å². The van der Waals surface area contributed by atoms with E-state index in [9.17, 15) is 0 Å². The van der Waals surface area contributed by atoms with Gasteiger partial charge in [-0.2, -0.15) is 0 Å². The molecule has 1 saturated carbocycles. The Kier molecular flexibility index (Phi) is 4.25. The second kappa shape index (κ2) is 6.13. The highest BCUT2D eigenvalue weighted by atomic mass is 15.2. The van der Waals surface area contributed by atoms with Crippen LogP contribution in [0.4, 0.5) is 5.82 Å². The molecule has 1 aliphatic heterocycles. The molecular formula is C17H27N3. The Bertz CT molecular complexity index is 424. The minimum atomic E-state index is 0.209. The highest BCUT2D eigenvalue weighted by Gasteiger charge is 2.33. The maximum atomic E-state index is 5.85. The number of anilines is 1. The van der Waals surface area contributed by atoms with Gasteiger partial charge in [-0.1, -0.05) is 18.9 Å². The van der Waals surface area contributed by atoms with E-state index in [1.165, 1.54) is 56.5 Å². The predicted molar refractivity (Wildman–Crippen MR) is 83.9 cm³/mol. The van der Waals surface area contributed by atoms with Gasteiger partial charge in [-0.15, -0.1) is 0 Å². The summed E-state index contributed by atoms with van der Waals surface area (Å²) < 4.78 is 0. The molecule has 1 aromatic heterocycles. The van der Waals surface area contributed by atoms with Crippen LogP contribution in [0.25, 0.3) is 0 Å². The first kappa shape index (κ1) is 13.9. The summed E-state index contributed by atoms with van der Waals surface area (Å²) in [4.78, 5) is 7.29. The van der Waals surface area contributed by atoms with Crippen LogP contribution in [0.2, 0.25) is 0 Å². The number of nitrogens with zero attached hydrogens (tertiary/aromatic N) is 2. The van der Waals surface area contributed by atoms with Crippen molar-refractivity contribution in [1.82, 2.24) is 4.98 Å². The molecule has 1 aliphatic carbocycles. The smallest absolute Gasteiger partial charge is 0.128 e. The van der Waals surface area contributed by atoms with Gasteiger partial charge in [-0.25, -0.2) is 4.98 Å². The standard InChI is InChI=1S/C17H27N3/c1-13(18)11-14-8-9-17(19-12-14)20-10-4-6-15-5-2-3-7-16(15)20/h8-9,12-13,15-16H,2-7,10-11,18H2,1H3. The molecule has 2 N–H and O–H groups in total. The fourth-order valence-corrected chi connectivity index (χ4v) is 3.99. The summed E-state index contributed by atoms with van der Waals surface area (Å²) >= 11 is 0. The summed E-state index contributed by atoms with van der Waals surface area (Å²) in [5.74, 6) is 2.08. The highest BCUT2D eigenvalue weighted by molar-refractivity contribution is 5.41. The number of nitrogens with two attached hydrogens (primary N) is 1. The molecule has 1 aromatic rings. The van der Waals surface area contributed by atoms with Crippen LogP contribution in [0, 0.1) is 5.92 Å². The topological polar surface area (TPSA) is 42.1 Å². The van der Waals surface area contributed by atoms with Crippen LogP contribution in [-0.2, 0) is 6.42 Å². The van der Waals surface area contributed by atoms with Crippen LogP contribution in [0.5, 0.6) is 0 Å². The van der Waals surface area contributed by atoms with Gasteiger partial charge in [-0.3, -0.25) is 0 Å². The molecule has 0 spiro atoms. The second-order valence-electron chi connectivity index (χ2n) is 6.65. The molecule has 2 fully saturated rings. The number of pyridine rings is 1. The lowest BCUT2D eigenvalue weighted by Gasteiger charge is -2.44. The van der Waals surface area contributed by atoms with Crippen molar-refractivity contribution < 1.29 is 0 Å². The third kappa shape index (κ3) is 2.98. The molecule has 2 aliphatic rings. The van der Waals surface area contributed by atoms with Crippen LogP contribution in [-0.4, -0.2) is 23.6 Å². The molecule has 0 bridgehead atoms. The minimum absolute atomic E-state index is 0.209. The first-order valence-corrected chi connectivity index (χ1v) is 8.21. The number of hydrogen-bond acceptors (Lipinski definition) is 3. The zero-order valence-electron chi connectivity index (χ0n) is 12.6. The van der Waals surface area contributed by atoms with Crippen molar-refractivity contribution >= 4 is 5.82 Å². The number of piperidine rings is 1. The Morgan fingerprint density at radius 1 is 1.25 bits per heavy atom. The highest BCUT2D eigenvalue weighted by Crippen LogP contribution is 2.37. The summed E-state index contributed by atoms with van der Waals surface area (Å²) in [7, 11) is 0. The Balaban J connectivity index is 1.73. The van der Waals surface area contributed by atoms with Gasteiger partial charge < -0.3 is 10.6 Å². The lowest BCUT2D eigenvalue weighted by Crippen LogP contribution is -2.47. The van der Waals surface area contributed by atoms with Gasteiger partial charge in [0.1, 0.15) is 5.82 Å². The van der Waals surface area contributed by atoms with Gasteiger partial charge >= 0.3 is 0 Å². The first-order valence-electron chi connectivity index (χ1n) is 8.21. The van der Waals surface area contributed by atoms with Crippen molar-refractivity contribution in [1.29, 1.82) is 0 Å². The zero-order valence-corrected chi connectivity index (χ0v) is 12.6. The monoisotopic (exact) mass is 273 g/mol. The summed E-state index contributed by atoms with van der Waals surface area (Å²) in [6.45, 7) is 3.23. The average Bonchev–Trinajstić information content (AvgIpc) is 2.47. The largest absolute Gasteiger partial charge is 0.353 e. The summed E-state index contributed by atoms with van der Waals surface area (Å²) in [5, 5.41) is 0. The van der Waals surface area contributed by atoms with E-state index in [1.807, 2.05) is 13.1 Å². The van der Waals surface area contributed by atoms with Crippen molar-refractivity contribution in [3.63, 3.8) is 0 Å². The van der Waals surface area contributed by atoms with E-state index in [0.717, 1.165) is 18.4 Å². The fraction of sp³-hybridized carbons (Fsp3) is 0.706. The van der Waals surface area contributed by atoms with E-state index in [0.29, 0.717) is 0 Å². The molecule has 3 unspecified atom stereocenters. The molecule has 110 valence electrons. The van der Waals surface area contributed by atoms with E-state index in [2.05, 4.69) is 17.0 Å². The molecule has 0 radical (unpaired) electrons. The summed E-state index contributed by atoms with van der Waals surface area (Å²) in [5.41, 5.74) is 7.11. The van der Waals surface area contributed by atoms with Crippen LogP contribution < -0.4 is 10.6 Å². The molecular weight excluding hydrogens is 246 g/mol. The maximum absolute atomic E-state index is 5.85. The SMILES string of the molecule is CC(N)Cc1ccc(N2CCCC3CCCCC32)nc1. The first-order chi connectivity index (χ1) is 9.74. The van der Waals surface area contributed by atoms with E-state index in [4.69, 9.17) is 10.7 Å². The van der Waals surface area contributed by atoms with Gasteiger partial charge in [0.25, 0.3) is 0 Å². The van der Waals surface area contributed by atoms with Gasteiger partial charge in [-0.05, 0) is 56.6 Å². The third-order valence-corrected chi connectivity index (χ3v) is 4.90. The molecule has 1 saturated heterocycles. The van der Waals surface area contributed by atoms with Gasteiger partial charge in [0.2, 0.25) is 0 Å². The van der Waals surface area contributed by atoms with Crippen molar-refractivity contribution in [2.75, 3.05) is 11.4 Å². The normalized spacial score (nSPS) is 28.0. The predicted octanol–water partition coefficient (Wildman–Crippen LogP) is 3.13. The molecule has 2 heterocycles. The van der Waals surface area contributed by atoms with Gasteiger partial charge in [0.05, 0.1) is 0 Å². The molecule has 3 nitrogen and oxygen atoms in total. The molecule has 0 amide bonds. The van der Waals surface area contributed by atoms with Crippen molar-refractivity contribution in [2.45, 2.75) is 64.0 Å². The van der Waals surface area contributed by atoms with E-state index in [-0.39, 0.29) is 6.04 Å². The Labute approximate surface area is 122 Å². The second-order valence-corrected chi connectivity index (χ2v) is 6.65. The number of rotatable bonds is 3. The van der Waals surface area contributed by atoms with Crippen LogP contribution in [0.3, 0.4) is 0 Å². The lowest BCUT2D eigenvalue weighted by molar-refractivity contribution is 0.243. The van der Waals surface area contributed by atoms with Crippen molar-refractivity contribution in [2.24, 2.45) is 11.7 Å². The van der Waals surface area contributed by atoms with Gasteiger partial charge in [0.15, 0.2) is 0 Å². The fourth-order valence-electron chi connectivity index (χ4n) is 3.99. The Hall–Kier alpha value is -1.09. The lowest BCUT2D eigenvalue weighted by atomic mass is 9.78. The third-order valence-electron chi connectivity index (χ3n) is 4.90. The summed E-state index contributed by atoms with van der Waals surface area (Å²) in [6.07, 6.45) is 11.3. The Morgan fingerprint density at radius 3 is 2.80 bits per heavy atom. The Morgan fingerprint density at radius 2 is 2.05 bits per heavy atom. The molecule has 3 rings (SSSR count). The van der Waals surface area contributed by atoms with E-state index >= 15 is 0 Å². The zero-order chi connectivity index (χ0) is 13.9. The minimum Gasteiger partial charge on any atom is -0.353 e. The maximum Gasteiger partial charge on any atom is 0.128 e. The molecule has 3 atom stereocenters. The van der Waals surface area contributed by atoms with Crippen molar-refractivity contribution in [3.05, 3.63) is 23.9 Å². The molecule has 3 heteroatoms. The van der Waals surface area contributed by atoms with Gasteiger partial charge in [0, 0.05) is 24.8 Å². The summed E-state index contributed by atoms with van der Waals surface area (Å²) in [6, 6.07) is 5.36. The van der Waals surface area contributed by atoms with Crippen molar-refractivity contribution in [3.8, 4) is 0 Å². The number of fused-ring (bicyclic) bond motifs is 1. The molecule has 0 aromatic carbocycles. The number of hydrogen-bond donors (Lipinski definition) is 1. The average molecular weight is 273 g/mol. The van der Waals surface area contributed by atoms with E-state index in [1.54, 1.807) is 0 Å². The van der Waals surface area contributed by atoms with Crippen LogP contribution in [0.15, 0.2) is 18.3 Å². The number of aromatic nitrogens is 1. The van der Waals surface area contributed by atoms with Crippen LogP contribution in [0.1, 0.15) is 51.0 Å². The van der Waals surface area contributed by atoms with Crippen LogP contribution >= 0.6 is 0 Å².